The Morgan fingerprint density at radius 3 is 2.79 bits per heavy atom. The molecule has 1 saturated carbocycles. The van der Waals surface area contributed by atoms with E-state index in [4.69, 9.17) is 9.47 Å². The molecule has 2 unspecified atom stereocenters. The molecule has 1 aliphatic carbocycles. The van der Waals surface area contributed by atoms with Gasteiger partial charge in [-0.1, -0.05) is 6.07 Å². The summed E-state index contributed by atoms with van der Waals surface area (Å²) in [6, 6.07) is 6.52. The second-order valence-electron chi connectivity index (χ2n) is 5.86. The van der Waals surface area contributed by atoms with Crippen molar-refractivity contribution in [2.24, 2.45) is 4.99 Å². The van der Waals surface area contributed by atoms with E-state index in [-0.39, 0.29) is 0 Å². The zero-order valence-electron chi connectivity index (χ0n) is 15.1. The summed E-state index contributed by atoms with van der Waals surface area (Å²) in [7, 11) is 3.47. The second-order valence-corrected chi connectivity index (χ2v) is 6.99. The monoisotopic (exact) mass is 351 g/mol. The van der Waals surface area contributed by atoms with Crippen molar-refractivity contribution in [2.45, 2.75) is 44.0 Å². The number of thioether (sulfide) groups is 1. The normalized spacial score (nSPS) is 20.8. The van der Waals surface area contributed by atoms with Crippen LogP contribution >= 0.6 is 11.8 Å². The third-order valence-corrected chi connectivity index (χ3v) is 5.36. The average Bonchev–Trinajstić information content (AvgIpc) is 3.06. The van der Waals surface area contributed by atoms with Crippen molar-refractivity contribution in [3.8, 4) is 11.5 Å². The van der Waals surface area contributed by atoms with Gasteiger partial charge in [0, 0.05) is 24.9 Å². The number of guanidine groups is 1. The smallest absolute Gasteiger partial charge is 0.191 e. The lowest BCUT2D eigenvalue weighted by molar-refractivity contribution is 0.310. The third kappa shape index (κ3) is 5.23. The number of hydrogen-bond donors (Lipinski definition) is 2. The average molecular weight is 352 g/mol. The lowest BCUT2D eigenvalue weighted by atomic mass is 10.2. The molecular weight excluding hydrogens is 322 g/mol. The van der Waals surface area contributed by atoms with Crippen LogP contribution in [0.15, 0.2) is 23.2 Å². The third-order valence-electron chi connectivity index (χ3n) is 4.27. The number of nitrogens with zero attached hydrogens (tertiary/aromatic N) is 1. The molecule has 0 aliphatic heterocycles. The van der Waals surface area contributed by atoms with E-state index in [0.29, 0.717) is 19.2 Å². The summed E-state index contributed by atoms with van der Waals surface area (Å²) in [5.41, 5.74) is 1.13. The van der Waals surface area contributed by atoms with Gasteiger partial charge in [-0.2, -0.15) is 11.8 Å². The molecule has 0 saturated heterocycles. The number of ether oxygens (including phenoxy) is 2. The topological polar surface area (TPSA) is 54.9 Å². The van der Waals surface area contributed by atoms with Gasteiger partial charge >= 0.3 is 0 Å². The maximum absolute atomic E-state index is 5.63. The minimum Gasteiger partial charge on any atom is -0.493 e. The fourth-order valence-corrected chi connectivity index (χ4v) is 3.75. The van der Waals surface area contributed by atoms with E-state index in [1.807, 2.05) is 43.9 Å². The first-order valence-electron chi connectivity index (χ1n) is 8.49. The molecule has 2 N–H and O–H groups in total. The summed E-state index contributed by atoms with van der Waals surface area (Å²) in [4.78, 5) is 4.34. The molecule has 0 spiro atoms. The first-order valence-corrected chi connectivity index (χ1v) is 9.78. The Morgan fingerprint density at radius 1 is 1.33 bits per heavy atom. The number of aliphatic imine (C=N–C) groups is 1. The number of methoxy groups -OCH3 is 1. The Morgan fingerprint density at radius 2 is 2.17 bits per heavy atom. The Balaban J connectivity index is 1.90. The Hall–Kier alpha value is -1.56. The van der Waals surface area contributed by atoms with Crippen LogP contribution in [0, 0.1) is 0 Å². The minimum absolute atomic E-state index is 0.517. The summed E-state index contributed by atoms with van der Waals surface area (Å²) in [6.07, 6.45) is 5.90. The Labute approximate surface area is 149 Å². The van der Waals surface area contributed by atoms with Crippen molar-refractivity contribution in [3.05, 3.63) is 23.8 Å². The van der Waals surface area contributed by atoms with Crippen LogP contribution in [0.25, 0.3) is 0 Å². The van der Waals surface area contributed by atoms with Gasteiger partial charge in [0.25, 0.3) is 0 Å². The van der Waals surface area contributed by atoms with Gasteiger partial charge in [0.2, 0.25) is 0 Å². The van der Waals surface area contributed by atoms with Crippen LogP contribution in [0.2, 0.25) is 0 Å². The lowest BCUT2D eigenvalue weighted by Crippen LogP contribution is -2.42. The van der Waals surface area contributed by atoms with E-state index in [1.54, 1.807) is 7.11 Å². The van der Waals surface area contributed by atoms with E-state index < -0.39 is 0 Å². The van der Waals surface area contributed by atoms with Crippen LogP contribution in [0.1, 0.15) is 31.7 Å². The summed E-state index contributed by atoms with van der Waals surface area (Å²) in [5, 5.41) is 7.69. The quantitative estimate of drug-likeness (QED) is 0.584. The van der Waals surface area contributed by atoms with Gasteiger partial charge in [-0.25, -0.2) is 0 Å². The molecule has 0 amide bonds. The van der Waals surface area contributed by atoms with E-state index in [9.17, 15) is 0 Å². The molecule has 0 bridgehead atoms. The van der Waals surface area contributed by atoms with E-state index in [0.717, 1.165) is 28.3 Å². The van der Waals surface area contributed by atoms with Gasteiger partial charge in [0.15, 0.2) is 17.5 Å². The highest BCUT2D eigenvalue weighted by atomic mass is 32.2. The molecule has 0 aromatic heterocycles. The SMILES string of the molecule is CCOc1cc(CNC(=NC)NC2CCC(SC)C2)ccc1OC. The summed E-state index contributed by atoms with van der Waals surface area (Å²) < 4.78 is 11.0. The van der Waals surface area contributed by atoms with Gasteiger partial charge < -0.3 is 20.1 Å². The fourth-order valence-electron chi connectivity index (χ4n) is 2.96. The number of rotatable bonds is 7. The Kier molecular flexibility index (Phi) is 7.56. The predicted molar refractivity (Wildman–Crippen MR) is 102 cm³/mol. The van der Waals surface area contributed by atoms with Crippen molar-refractivity contribution in [1.29, 1.82) is 0 Å². The van der Waals surface area contributed by atoms with Gasteiger partial charge in [0.1, 0.15) is 0 Å². The predicted octanol–water partition coefficient (Wildman–Crippen LogP) is 3.04. The van der Waals surface area contributed by atoms with Gasteiger partial charge in [-0.15, -0.1) is 0 Å². The zero-order chi connectivity index (χ0) is 17.4. The second kappa shape index (κ2) is 9.67. The fraction of sp³-hybridized carbons (Fsp3) is 0.611. The number of hydrogen-bond acceptors (Lipinski definition) is 4. The van der Waals surface area contributed by atoms with Crippen LogP contribution < -0.4 is 20.1 Å². The highest BCUT2D eigenvalue weighted by molar-refractivity contribution is 7.99. The van der Waals surface area contributed by atoms with Gasteiger partial charge in [-0.3, -0.25) is 4.99 Å². The molecule has 2 rings (SSSR count). The van der Waals surface area contributed by atoms with Crippen molar-refractivity contribution in [2.75, 3.05) is 27.0 Å². The molecule has 134 valence electrons. The van der Waals surface area contributed by atoms with Gasteiger partial charge in [0.05, 0.1) is 13.7 Å². The van der Waals surface area contributed by atoms with Crippen LogP contribution in [0.5, 0.6) is 11.5 Å². The molecule has 1 aromatic rings. The van der Waals surface area contributed by atoms with Crippen molar-refractivity contribution in [1.82, 2.24) is 10.6 Å². The standard InChI is InChI=1S/C18H29N3O2S/c1-5-23-17-10-13(6-9-16(17)22-3)12-20-18(19-2)21-14-7-8-15(11-14)24-4/h6,9-10,14-15H,5,7-8,11-12H2,1-4H3,(H2,19,20,21). The molecule has 24 heavy (non-hydrogen) atoms. The molecule has 1 fully saturated rings. The molecule has 2 atom stereocenters. The van der Waals surface area contributed by atoms with Crippen LogP contribution in [-0.2, 0) is 6.54 Å². The first kappa shape index (κ1) is 18.8. The minimum atomic E-state index is 0.517. The zero-order valence-corrected chi connectivity index (χ0v) is 15.9. The van der Waals surface area contributed by atoms with Gasteiger partial charge in [-0.05, 0) is 50.1 Å². The molecular formula is C18H29N3O2S. The summed E-state index contributed by atoms with van der Waals surface area (Å²) >= 11 is 1.96. The van der Waals surface area contributed by atoms with E-state index in [1.165, 1.54) is 19.3 Å². The maximum Gasteiger partial charge on any atom is 0.191 e. The van der Waals surface area contributed by atoms with Crippen LogP contribution in [0.3, 0.4) is 0 Å². The molecule has 6 heteroatoms. The Bertz CT molecular complexity index is 551. The maximum atomic E-state index is 5.63. The van der Waals surface area contributed by atoms with E-state index in [2.05, 4.69) is 21.9 Å². The number of nitrogens with one attached hydrogen (secondary N) is 2. The van der Waals surface area contributed by atoms with Crippen LogP contribution in [-0.4, -0.2) is 44.3 Å². The molecule has 1 aliphatic rings. The molecule has 5 nitrogen and oxygen atoms in total. The highest BCUT2D eigenvalue weighted by Crippen LogP contribution is 2.29. The highest BCUT2D eigenvalue weighted by Gasteiger charge is 2.24. The van der Waals surface area contributed by atoms with Crippen molar-refractivity contribution in [3.63, 3.8) is 0 Å². The van der Waals surface area contributed by atoms with Crippen molar-refractivity contribution >= 4 is 17.7 Å². The largest absolute Gasteiger partial charge is 0.493 e. The first-order chi connectivity index (χ1) is 11.7. The van der Waals surface area contributed by atoms with Crippen molar-refractivity contribution < 1.29 is 9.47 Å². The number of benzene rings is 1. The van der Waals surface area contributed by atoms with Crippen LogP contribution in [0.4, 0.5) is 0 Å². The molecule has 0 heterocycles. The van der Waals surface area contributed by atoms with E-state index >= 15 is 0 Å². The lowest BCUT2D eigenvalue weighted by Gasteiger charge is -2.18. The summed E-state index contributed by atoms with van der Waals surface area (Å²) in [5.74, 6) is 2.40. The molecule has 1 aromatic carbocycles. The molecule has 0 radical (unpaired) electrons. The summed E-state index contributed by atoms with van der Waals surface area (Å²) in [6.45, 7) is 3.29.